The lowest BCUT2D eigenvalue weighted by molar-refractivity contribution is -0.137. The van der Waals surface area contributed by atoms with Crippen molar-refractivity contribution in [1.29, 1.82) is 0 Å². The van der Waals surface area contributed by atoms with E-state index in [4.69, 9.17) is 0 Å². The van der Waals surface area contributed by atoms with Crippen molar-refractivity contribution < 1.29 is 18.0 Å². The average molecular weight is 458 g/mol. The van der Waals surface area contributed by atoms with Crippen molar-refractivity contribution in [1.82, 2.24) is 24.3 Å². The van der Waals surface area contributed by atoms with E-state index in [-0.39, 0.29) is 17.1 Å². The third kappa shape index (κ3) is 4.52. The lowest BCUT2D eigenvalue weighted by Gasteiger charge is -2.14. The molecule has 7 nitrogen and oxygen atoms in total. The zero-order valence-corrected chi connectivity index (χ0v) is 17.4. The van der Waals surface area contributed by atoms with Crippen molar-refractivity contribution >= 4 is 34.4 Å². The number of benzene rings is 2. The van der Waals surface area contributed by atoms with Gasteiger partial charge in [-0.2, -0.15) is 18.3 Å². The summed E-state index contributed by atoms with van der Waals surface area (Å²) in [5.74, 6) is -0.527. The number of hydrogen-bond donors (Lipinski definition) is 1. The third-order valence-electron chi connectivity index (χ3n) is 4.53. The Bertz CT molecular complexity index is 1270. The predicted molar refractivity (Wildman–Crippen MR) is 116 cm³/mol. The topological polar surface area (TPSA) is 77.6 Å². The van der Waals surface area contributed by atoms with Crippen molar-refractivity contribution in [3.8, 4) is 5.69 Å². The number of carbonyl (C=O) groups is 1. The van der Waals surface area contributed by atoms with Gasteiger partial charge in [-0.15, -0.1) is 6.58 Å². The Kier molecular flexibility index (Phi) is 5.99. The molecular formula is C21H17F3N6OS. The molecule has 11 heteroatoms. The molecule has 4 rings (SSSR count). The van der Waals surface area contributed by atoms with Crippen molar-refractivity contribution in [2.45, 2.75) is 17.9 Å². The highest BCUT2D eigenvalue weighted by Crippen LogP contribution is 2.33. The number of rotatable bonds is 7. The van der Waals surface area contributed by atoms with Gasteiger partial charge in [-0.3, -0.25) is 4.79 Å². The molecule has 0 atom stereocenters. The van der Waals surface area contributed by atoms with Crippen molar-refractivity contribution in [2.75, 3.05) is 11.1 Å². The number of fused-ring (bicyclic) bond motifs is 1. The molecule has 0 aliphatic carbocycles. The molecule has 2 aromatic heterocycles. The van der Waals surface area contributed by atoms with Crippen molar-refractivity contribution in [3.63, 3.8) is 0 Å². The van der Waals surface area contributed by atoms with Crippen LogP contribution in [-0.4, -0.2) is 36.0 Å². The molecule has 0 unspecified atom stereocenters. The Balaban J connectivity index is 1.56. The molecule has 0 aliphatic rings. The summed E-state index contributed by atoms with van der Waals surface area (Å²) in [6.07, 6.45) is -0.232. The normalized spacial score (nSPS) is 11.6. The number of aromatic nitrogens is 5. The molecule has 0 radical (unpaired) electrons. The first kappa shape index (κ1) is 21.6. The summed E-state index contributed by atoms with van der Waals surface area (Å²) in [5, 5.41) is 7.12. The fourth-order valence-electron chi connectivity index (χ4n) is 3.13. The molecule has 0 bridgehead atoms. The number of nitrogens with zero attached hydrogens (tertiary/aromatic N) is 5. The quantitative estimate of drug-likeness (QED) is 0.325. The number of anilines is 1. The maximum absolute atomic E-state index is 13.2. The van der Waals surface area contributed by atoms with Crippen LogP contribution < -0.4 is 5.32 Å². The van der Waals surface area contributed by atoms with E-state index in [1.807, 2.05) is 28.8 Å². The van der Waals surface area contributed by atoms with Crippen LogP contribution in [-0.2, 0) is 17.5 Å². The molecule has 1 N–H and O–H groups in total. The van der Waals surface area contributed by atoms with E-state index in [1.165, 1.54) is 35.2 Å². The number of allylic oxidation sites excluding steroid dienone is 1. The van der Waals surface area contributed by atoms with Gasteiger partial charge in [0, 0.05) is 6.54 Å². The molecule has 32 heavy (non-hydrogen) atoms. The minimum absolute atomic E-state index is 0.0180. The van der Waals surface area contributed by atoms with E-state index in [9.17, 15) is 18.0 Å². The van der Waals surface area contributed by atoms with Gasteiger partial charge in [0.05, 0.1) is 33.7 Å². The van der Waals surface area contributed by atoms with Crippen LogP contribution in [0.15, 0.2) is 72.9 Å². The molecule has 1 amide bonds. The second kappa shape index (κ2) is 8.87. The second-order valence-corrected chi connectivity index (χ2v) is 7.63. The first-order chi connectivity index (χ1) is 15.4. The largest absolute Gasteiger partial charge is 0.416 e. The number of imidazole rings is 1. The number of alkyl halides is 3. The van der Waals surface area contributed by atoms with Gasteiger partial charge in [-0.05, 0) is 30.3 Å². The monoisotopic (exact) mass is 458 g/mol. The number of nitrogens with one attached hydrogen (secondary N) is 1. The standard InChI is InChI=1S/C21H17F3N6OS/c1-2-9-29-17-6-4-3-5-15(17)28-20(29)32-11-19(31)27-16-10-14(21(22,23)24)7-8-18(16)30-13-25-12-26-30/h2-8,10,12-13H,1,9,11H2,(H,27,31). The molecule has 0 aliphatic heterocycles. The summed E-state index contributed by atoms with van der Waals surface area (Å²) in [5.41, 5.74) is 1.06. The van der Waals surface area contributed by atoms with Gasteiger partial charge < -0.3 is 9.88 Å². The van der Waals surface area contributed by atoms with Crippen molar-refractivity contribution in [3.05, 3.63) is 73.3 Å². The predicted octanol–water partition coefficient (Wildman–Crippen LogP) is 4.55. The summed E-state index contributed by atoms with van der Waals surface area (Å²) < 4.78 is 42.8. The van der Waals surface area contributed by atoms with Crippen LogP contribution in [0.3, 0.4) is 0 Å². The van der Waals surface area contributed by atoms with Crippen LogP contribution >= 0.6 is 11.8 Å². The summed E-state index contributed by atoms with van der Waals surface area (Å²) in [6, 6.07) is 10.6. The minimum atomic E-state index is -4.55. The Morgan fingerprint density at radius 2 is 2.03 bits per heavy atom. The molecule has 4 aromatic rings. The molecule has 164 valence electrons. The highest BCUT2D eigenvalue weighted by atomic mass is 32.2. The third-order valence-corrected chi connectivity index (χ3v) is 5.50. The molecule has 2 heterocycles. The maximum atomic E-state index is 13.2. The highest BCUT2D eigenvalue weighted by Gasteiger charge is 2.31. The highest BCUT2D eigenvalue weighted by molar-refractivity contribution is 7.99. The van der Waals surface area contributed by atoms with Gasteiger partial charge in [0.1, 0.15) is 12.7 Å². The molecule has 0 fully saturated rings. The van der Waals surface area contributed by atoms with Crippen LogP contribution in [0, 0.1) is 0 Å². The van der Waals surface area contributed by atoms with E-state index < -0.39 is 17.6 Å². The molecular weight excluding hydrogens is 441 g/mol. The first-order valence-electron chi connectivity index (χ1n) is 9.42. The summed E-state index contributed by atoms with van der Waals surface area (Å²) in [6.45, 7) is 4.26. The molecule has 0 saturated heterocycles. The van der Waals surface area contributed by atoms with E-state index in [0.29, 0.717) is 11.7 Å². The number of amides is 1. The Morgan fingerprint density at radius 3 is 2.75 bits per heavy atom. The summed E-state index contributed by atoms with van der Waals surface area (Å²) in [7, 11) is 0. The van der Waals surface area contributed by atoms with Crippen LogP contribution in [0.5, 0.6) is 0 Å². The van der Waals surface area contributed by atoms with Gasteiger partial charge in [0.2, 0.25) is 5.91 Å². The molecule has 0 saturated carbocycles. The number of para-hydroxylation sites is 2. The van der Waals surface area contributed by atoms with Gasteiger partial charge in [0.15, 0.2) is 5.16 Å². The smallest absolute Gasteiger partial charge is 0.323 e. The molecule has 0 spiro atoms. The van der Waals surface area contributed by atoms with Gasteiger partial charge in [0.25, 0.3) is 0 Å². The number of carbonyl (C=O) groups excluding carboxylic acids is 1. The maximum Gasteiger partial charge on any atom is 0.416 e. The fourth-order valence-corrected chi connectivity index (χ4v) is 3.95. The van der Waals surface area contributed by atoms with Crippen molar-refractivity contribution in [2.24, 2.45) is 0 Å². The lowest BCUT2D eigenvalue weighted by Crippen LogP contribution is -2.17. The summed E-state index contributed by atoms with van der Waals surface area (Å²) in [4.78, 5) is 21.0. The van der Waals surface area contributed by atoms with Crippen LogP contribution in [0.4, 0.5) is 18.9 Å². The Labute approximate surface area is 185 Å². The minimum Gasteiger partial charge on any atom is -0.323 e. The zero-order valence-electron chi connectivity index (χ0n) is 16.6. The number of thioether (sulfide) groups is 1. The van der Waals surface area contributed by atoms with Crippen LogP contribution in [0.25, 0.3) is 16.7 Å². The van der Waals surface area contributed by atoms with Gasteiger partial charge >= 0.3 is 6.18 Å². The Morgan fingerprint density at radius 1 is 1.22 bits per heavy atom. The van der Waals surface area contributed by atoms with Crippen LogP contribution in [0.2, 0.25) is 0 Å². The number of hydrogen-bond acceptors (Lipinski definition) is 5. The molecule has 2 aromatic carbocycles. The number of halogens is 3. The zero-order chi connectivity index (χ0) is 22.7. The first-order valence-corrected chi connectivity index (χ1v) is 10.4. The van der Waals surface area contributed by atoms with Gasteiger partial charge in [-0.1, -0.05) is 30.0 Å². The van der Waals surface area contributed by atoms with E-state index in [2.05, 4.69) is 27.0 Å². The Hall–Kier alpha value is -3.60. The average Bonchev–Trinajstić information content (AvgIpc) is 3.40. The fraction of sp³-hybridized carbons (Fsp3) is 0.143. The SMILES string of the molecule is C=CCn1c(SCC(=O)Nc2cc(C(F)(F)F)ccc2-n2cncn2)nc2ccccc21. The van der Waals surface area contributed by atoms with E-state index in [0.717, 1.165) is 23.2 Å². The lowest BCUT2D eigenvalue weighted by atomic mass is 10.1. The van der Waals surface area contributed by atoms with Gasteiger partial charge in [-0.25, -0.2) is 14.6 Å². The van der Waals surface area contributed by atoms with E-state index >= 15 is 0 Å². The van der Waals surface area contributed by atoms with Crippen LogP contribution in [0.1, 0.15) is 5.56 Å². The second-order valence-electron chi connectivity index (χ2n) is 6.69. The summed E-state index contributed by atoms with van der Waals surface area (Å²) >= 11 is 1.19. The van der Waals surface area contributed by atoms with E-state index in [1.54, 1.807) is 6.08 Å².